The molecule has 0 saturated heterocycles. The second-order valence-corrected chi connectivity index (χ2v) is 4.11. The Morgan fingerprint density at radius 2 is 2.35 bits per heavy atom. The smallest absolute Gasteiger partial charge is 0.201 e. The van der Waals surface area contributed by atoms with E-state index in [9.17, 15) is 0 Å². The van der Waals surface area contributed by atoms with Gasteiger partial charge in [0.1, 0.15) is 6.07 Å². The van der Waals surface area contributed by atoms with E-state index in [1.54, 1.807) is 6.07 Å². The molecule has 0 saturated carbocycles. The first-order valence-electron chi connectivity index (χ1n) is 4.95. The minimum absolute atomic E-state index is 0.133. The number of benzene rings is 1. The Balaban J connectivity index is 2.90. The normalized spacial score (nSPS) is 10.8. The van der Waals surface area contributed by atoms with Crippen LogP contribution in [0.5, 0.6) is 0 Å². The van der Waals surface area contributed by atoms with Gasteiger partial charge in [0.2, 0.25) is 5.71 Å². The van der Waals surface area contributed by atoms with Crippen molar-refractivity contribution in [3.05, 3.63) is 28.2 Å². The van der Waals surface area contributed by atoms with Crippen molar-refractivity contribution < 1.29 is 0 Å². The lowest BCUT2D eigenvalue weighted by atomic mass is 10.1. The Morgan fingerprint density at radius 3 is 2.88 bits per heavy atom. The molecule has 1 aromatic carbocycles. The van der Waals surface area contributed by atoms with Gasteiger partial charge < -0.3 is 5.73 Å². The SMILES string of the molecule is CCc1cc(N/N=C(\C#N)C(=N)N)ccc1Br. The lowest BCUT2D eigenvalue weighted by Gasteiger charge is -2.05. The van der Waals surface area contributed by atoms with E-state index in [2.05, 4.69) is 26.5 Å². The summed E-state index contributed by atoms with van der Waals surface area (Å²) in [7, 11) is 0. The van der Waals surface area contributed by atoms with Crippen molar-refractivity contribution in [1.29, 1.82) is 10.7 Å². The molecule has 0 aliphatic carbocycles. The van der Waals surface area contributed by atoms with Crippen molar-refractivity contribution in [2.75, 3.05) is 5.43 Å². The molecule has 0 atom stereocenters. The number of hydrogen-bond donors (Lipinski definition) is 3. The van der Waals surface area contributed by atoms with Crippen LogP contribution >= 0.6 is 15.9 Å². The zero-order valence-corrected chi connectivity index (χ0v) is 10.9. The molecule has 0 aromatic heterocycles. The van der Waals surface area contributed by atoms with Gasteiger partial charge in [-0.1, -0.05) is 22.9 Å². The van der Waals surface area contributed by atoms with Crippen molar-refractivity contribution in [3.63, 3.8) is 0 Å². The molecule has 0 fully saturated rings. The van der Waals surface area contributed by atoms with Crippen LogP contribution in [-0.2, 0) is 6.42 Å². The highest BCUT2D eigenvalue weighted by Gasteiger charge is 2.02. The molecule has 6 heteroatoms. The fourth-order valence-corrected chi connectivity index (χ4v) is 1.71. The summed E-state index contributed by atoms with van der Waals surface area (Å²) in [6.07, 6.45) is 0.887. The summed E-state index contributed by atoms with van der Waals surface area (Å²) in [5.41, 5.74) is 9.62. The van der Waals surface area contributed by atoms with Gasteiger partial charge >= 0.3 is 0 Å². The van der Waals surface area contributed by atoms with E-state index in [1.807, 2.05) is 25.1 Å². The van der Waals surface area contributed by atoms with E-state index in [1.165, 1.54) is 0 Å². The molecule has 88 valence electrons. The highest BCUT2D eigenvalue weighted by molar-refractivity contribution is 9.10. The lowest BCUT2D eigenvalue weighted by Crippen LogP contribution is -2.21. The molecule has 0 amide bonds. The first-order valence-corrected chi connectivity index (χ1v) is 5.74. The molecule has 1 aromatic rings. The molecule has 0 radical (unpaired) electrons. The van der Waals surface area contributed by atoms with E-state index >= 15 is 0 Å². The zero-order valence-electron chi connectivity index (χ0n) is 9.29. The second-order valence-electron chi connectivity index (χ2n) is 3.26. The second kappa shape index (κ2) is 6.01. The van der Waals surface area contributed by atoms with Crippen molar-refractivity contribution in [3.8, 4) is 6.07 Å². The fourth-order valence-electron chi connectivity index (χ4n) is 1.18. The van der Waals surface area contributed by atoms with Crippen LogP contribution in [0.1, 0.15) is 12.5 Å². The molecular formula is C11H12BrN5. The molecular weight excluding hydrogens is 282 g/mol. The third-order valence-electron chi connectivity index (χ3n) is 2.08. The number of rotatable bonds is 4. The Hall–Kier alpha value is -1.87. The molecule has 1 rings (SSSR count). The Morgan fingerprint density at radius 1 is 1.65 bits per heavy atom. The highest BCUT2D eigenvalue weighted by atomic mass is 79.9. The minimum Gasteiger partial charge on any atom is -0.382 e. The van der Waals surface area contributed by atoms with E-state index in [4.69, 9.17) is 16.4 Å². The summed E-state index contributed by atoms with van der Waals surface area (Å²) in [5.74, 6) is -0.354. The van der Waals surface area contributed by atoms with Crippen LogP contribution in [0.4, 0.5) is 5.69 Å². The lowest BCUT2D eigenvalue weighted by molar-refractivity contribution is 1.12. The van der Waals surface area contributed by atoms with Crippen LogP contribution < -0.4 is 11.2 Å². The number of halogens is 1. The molecule has 0 aliphatic rings. The number of nitrogens with one attached hydrogen (secondary N) is 2. The third kappa shape index (κ3) is 3.57. The standard InChI is InChI=1S/C11H12BrN5/c1-2-7-5-8(3-4-9(7)12)16-17-10(6-13)11(14)15/h3-5,16H,2H2,1H3,(H3,14,15)/b17-10+. The number of hydrogen-bond acceptors (Lipinski definition) is 4. The van der Waals surface area contributed by atoms with E-state index in [0.717, 1.165) is 22.1 Å². The van der Waals surface area contributed by atoms with Crippen LogP contribution in [0.2, 0.25) is 0 Å². The maximum atomic E-state index is 8.67. The quantitative estimate of drug-likeness (QED) is 0.451. The van der Waals surface area contributed by atoms with Gasteiger partial charge in [0.15, 0.2) is 5.84 Å². The van der Waals surface area contributed by atoms with Gasteiger partial charge in [-0.2, -0.15) is 10.4 Å². The summed E-state index contributed by atoms with van der Waals surface area (Å²) >= 11 is 3.44. The molecule has 0 spiro atoms. The summed E-state index contributed by atoms with van der Waals surface area (Å²) < 4.78 is 1.03. The van der Waals surface area contributed by atoms with Crippen molar-refractivity contribution in [2.45, 2.75) is 13.3 Å². The number of nitrogens with zero attached hydrogens (tertiary/aromatic N) is 2. The van der Waals surface area contributed by atoms with Crippen LogP contribution in [0.15, 0.2) is 27.8 Å². The molecule has 0 heterocycles. The average Bonchev–Trinajstić information content (AvgIpc) is 2.31. The largest absolute Gasteiger partial charge is 0.382 e. The predicted molar refractivity (Wildman–Crippen MR) is 72.1 cm³/mol. The van der Waals surface area contributed by atoms with E-state index in [-0.39, 0.29) is 11.5 Å². The van der Waals surface area contributed by atoms with Crippen LogP contribution in [0.3, 0.4) is 0 Å². The van der Waals surface area contributed by atoms with Gasteiger partial charge in [0.05, 0.1) is 5.69 Å². The van der Waals surface area contributed by atoms with E-state index in [0.29, 0.717) is 0 Å². The summed E-state index contributed by atoms with van der Waals surface area (Å²) in [4.78, 5) is 0. The summed E-state index contributed by atoms with van der Waals surface area (Å²) in [6, 6.07) is 7.38. The van der Waals surface area contributed by atoms with Gasteiger partial charge in [0, 0.05) is 4.47 Å². The van der Waals surface area contributed by atoms with Gasteiger partial charge in [-0.25, -0.2) is 0 Å². The maximum Gasteiger partial charge on any atom is 0.201 e. The minimum atomic E-state index is -0.354. The molecule has 0 aliphatic heterocycles. The Kier molecular flexibility index (Phi) is 4.67. The Bertz CT molecular complexity index is 501. The number of nitriles is 1. The Labute approximate surface area is 108 Å². The van der Waals surface area contributed by atoms with Gasteiger partial charge in [-0.15, -0.1) is 0 Å². The molecule has 17 heavy (non-hydrogen) atoms. The molecule has 0 bridgehead atoms. The molecule has 5 nitrogen and oxygen atoms in total. The van der Waals surface area contributed by atoms with Gasteiger partial charge in [0.25, 0.3) is 0 Å². The third-order valence-corrected chi connectivity index (χ3v) is 2.86. The van der Waals surface area contributed by atoms with Crippen LogP contribution in [0, 0.1) is 16.7 Å². The summed E-state index contributed by atoms with van der Waals surface area (Å²) in [6.45, 7) is 2.05. The predicted octanol–water partition coefficient (Wildman–Crippen LogP) is 2.24. The van der Waals surface area contributed by atoms with Gasteiger partial charge in [-0.3, -0.25) is 10.8 Å². The van der Waals surface area contributed by atoms with Crippen molar-refractivity contribution >= 4 is 33.2 Å². The first kappa shape index (κ1) is 13.2. The first-order chi connectivity index (χ1) is 8.08. The number of aryl methyl sites for hydroxylation is 1. The number of nitrogens with two attached hydrogens (primary N) is 1. The average molecular weight is 294 g/mol. The summed E-state index contributed by atoms with van der Waals surface area (Å²) in [5, 5.41) is 19.5. The zero-order chi connectivity index (χ0) is 12.8. The topological polar surface area (TPSA) is 98.0 Å². The fraction of sp³-hybridized carbons (Fsp3) is 0.182. The highest BCUT2D eigenvalue weighted by Crippen LogP contribution is 2.21. The molecule has 4 N–H and O–H groups in total. The van der Waals surface area contributed by atoms with Crippen molar-refractivity contribution in [2.24, 2.45) is 10.8 Å². The van der Waals surface area contributed by atoms with Crippen LogP contribution in [0.25, 0.3) is 0 Å². The van der Waals surface area contributed by atoms with Crippen LogP contribution in [-0.4, -0.2) is 11.5 Å². The van der Waals surface area contributed by atoms with E-state index < -0.39 is 0 Å². The van der Waals surface area contributed by atoms with Crippen molar-refractivity contribution in [1.82, 2.24) is 0 Å². The monoisotopic (exact) mass is 293 g/mol. The number of hydrazone groups is 1. The molecule has 0 unspecified atom stereocenters. The number of amidine groups is 1. The maximum absolute atomic E-state index is 8.67. The van der Waals surface area contributed by atoms with Gasteiger partial charge in [-0.05, 0) is 30.2 Å². The number of anilines is 1.